The quantitative estimate of drug-likeness (QED) is 0.0788. The summed E-state index contributed by atoms with van der Waals surface area (Å²) in [5.41, 5.74) is 9.70. The number of piperazine rings is 2. The first-order valence-corrected chi connectivity index (χ1v) is 31.6. The van der Waals surface area contributed by atoms with E-state index in [-0.39, 0.29) is 55.0 Å². The maximum Gasteiger partial charge on any atom is 0.318 e. The second-order valence-corrected chi connectivity index (χ2v) is 25.6. The number of hydrogen-bond acceptors (Lipinski definition) is 16. The molecule has 464 valence electrons. The number of fused-ring (bicyclic) bond motifs is 4. The number of aromatic nitrogens is 4. The summed E-state index contributed by atoms with van der Waals surface area (Å²) < 4.78 is 40.7. The second kappa shape index (κ2) is 25.6. The highest BCUT2D eigenvalue weighted by Gasteiger charge is 2.42. The molecule has 2 amide bonds. The fourth-order valence-electron chi connectivity index (χ4n) is 14.8. The predicted molar refractivity (Wildman–Crippen MR) is 342 cm³/mol. The molecule has 0 spiro atoms. The Labute approximate surface area is 520 Å². The number of likely N-dealkylation sites (tertiary alicyclic amines) is 2. The van der Waals surface area contributed by atoms with Crippen molar-refractivity contribution >= 4 is 56.4 Å². The molecular weight excluding hydrogens is 1130 g/mol. The minimum absolute atomic E-state index is 0.0000890. The van der Waals surface area contributed by atoms with E-state index < -0.39 is 30.5 Å². The van der Waals surface area contributed by atoms with Crippen LogP contribution in [-0.4, -0.2) is 166 Å². The second-order valence-electron chi connectivity index (χ2n) is 25.6. The lowest BCUT2D eigenvalue weighted by Gasteiger charge is -2.49. The molecule has 4 aromatic carbocycles. The lowest BCUT2D eigenvalue weighted by atomic mass is 9.84. The SMILES string of the molecule is C=C(F)C(=O)N1CCN(c2nc(OCC3CC(c4ccc(N5CCc6c(nc(OCC7CCN7C(C)(C)C)nc6N6CCN(C(=O)/C=C/CF)[C@@H](CC#N)C6)C5)c5c(C)cccc45)N3CC)nc3c2CCN(c2cccc4cccc(C)c24)C3)C[C@@H]1CC#N. The van der Waals surface area contributed by atoms with E-state index in [2.05, 4.69) is 156 Å². The Morgan fingerprint density at radius 2 is 1.27 bits per heavy atom. The number of carbonyl (C=O) groups excluding carboxylic acids is 2. The van der Waals surface area contributed by atoms with Crippen LogP contribution in [0.3, 0.4) is 0 Å². The summed E-state index contributed by atoms with van der Waals surface area (Å²) in [4.78, 5) is 64.0. The third kappa shape index (κ3) is 12.0. The molecule has 18 nitrogen and oxygen atoms in total. The highest BCUT2D eigenvalue weighted by molar-refractivity contribution is 6.00. The molecule has 6 aliphatic heterocycles. The van der Waals surface area contributed by atoms with Gasteiger partial charge in [-0.05, 0) is 113 Å². The maximum absolute atomic E-state index is 14.3. The number of hydrogen-bond donors (Lipinski definition) is 0. The van der Waals surface area contributed by atoms with Crippen molar-refractivity contribution < 1.29 is 27.8 Å². The molecule has 4 saturated heterocycles. The number of rotatable bonds is 17. The first kappa shape index (κ1) is 60.8. The first-order chi connectivity index (χ1) is 43.0. The fourth-order valence-corrected chi connectivity index (χ4v) is 14.8. The summed E-state index contributed by atoms with van der Waals surface area (Å²) in [6.07, 6.45) is 5.86. The van der Waals surface area contributed by atoms with Crippen molar-refractivity contribution in [3.8, 4) is 24.2 Å². The van der Waals surface area contributed by atoms with Gasteiger partial charge in [-0.15, -0.1) is 0 Å². The van der Waals surface area contributed by atoms with E-state index in [1.165, 1.54) is 55.3 Å². The van der Waals surface area contributed by atoms with Crippen molar-refractivity contribution in [2.45, 2.75) is 129 Å². The van der Waals surface area contributed by atoms with Gasteiger partial charge in [-0.25, -0.2) is 8.78 Å². The van der Waals surface area contributed by atoms with E-state index in [0.29, 0.717) is 84.4 Å². The Hall–Kier alpha value is -8.46. The molecular formula is C69H80F2N14O4. The van der Waals surface area contributed by atoms with Gasteiger partial charge in [0.1, 0.15) is 31.5 Å². The van der Waals surface area contributed by atoms with Crippen LogP contribution in [0.15, 0.2) is 91.3 Å². The number of likely N-dealkylation sites (N-methyl/N-ethyl adjacent to an activating group) is 1. The van der Waals surface area contributed by atoms with Crippen molar-refractivity contribution in [3.63, 3.8) is 0 Å². The molecule has 8 heterocycles. The van der Waals surface area contributed by atoms with Gasteiger partial charge in [0, 0.05) is 122 Å². The smallest absolute Gasteiger partial charge is 0.318 e. The number of allylic oxidation sites excluding steroid dienone is 1. The molecule has 0 bridgehead atoms. The van der Waals surface area contributed by atoms with Crippen molar-refractivity contribution in [1.82, 2.24) is 39.5 Å². The molecule has 3 unspecified atom stereocenters. The monoisotopic (exact) mass is 1210 g/mol. The van der Waals surface area contributed by atoms with Crippen LogP contribution in [-0.2, 0) is 35.5 Å². The number of aryl methyl sites for hydroxylation is 2. The molecule has 4 fully saturated rings. The van der Waals surface area contributed by atoms with Crippen LogP contribution >= 0.6 is 0 Å². The van der Waals surface area contributed by atoms with E-state index in [4.69, 9.17) is 29.4 Å². The molecule has 12 rings (SSSR count). The van der Waals surface area contributed by atoms with Crippen LogP contribution in [0.25, 0.3) is 21.5 Å². The van der Waals surface area contributed by atoms with Crippen molar-refractivity contribution in [2.24, 2.45) is 0 Å². The Balaban J connectivity index is 0.801. The average molecular weight is 1210 g/mol. The maximum atomic E-state index is 14.3. The number of anilines is 4. The van der Waals surface area contributed by atoms with Crippen LogP contribution in [0.5, 0.6) is 12.0 Å². The lowest BCUT2D eigenvalue weighted by molar-refractivity contribution is -0.131. The number of ether oxygens (including phenoxy) is 2. The summed E-state index contributed by atoms with van der Waals surface area (Å²) in [6, 6.07) is 28.5. The molecule has 0 N–H and O–H groups in total. The summed E-state index contributed by atoms with van der Waals surface area (Å²) in [5.74, 6) is -0.628. The third-order valence-corrected chi connectivity index (χ3v) is 19.3. The van der Waals surface area contributed by atoms with E-state index in [0.717, 1.165) is 78.0 Å². The molecule has 5 atom stereocenters. The molecule has 0 radical (unpaired) electrons. The largest absolute Gasteiger partial charge is 0.462 e. The van der Waals surface area contributed by atoms with Gasteiger partial charge >= 0.3 is 12.0 Å². The molecule has 20 heteroatoms. The Bertz CT molecular complexity index is 3820. The van der Waals surface area contributed by atoms with Crippen molar-refractivity contribution in [2.75, 3.05) is 105 Å². The number of halogens is 2. The highest BCUT2D eigenvalue weighted by atomic mass is 19.1. The number of carbonyl (C=O) groups is 2. The van der Waals surface area contributed by atoms with Gasteiger partial charge < -0.3 is 38.9 Å². The molecule has 6 aromatic rings. The van der Waals surface area contributed by atoms with E-state index in [9.17, 15) is 28.9 Å². The summed E-state index contributed by atoms with van der Waals surface area (Å²) >= 11 is 0. The number of alkyl halides is 1. The zero-order valence-electron chi connectivity index (χ0n) is 52.1. The predicted octanol–water partition coefficient (Wildman–Crippen LogP) is 9.65. The van der Waals surface area contributed by atoms with E-state index >= 15 is 0 Å². The highest BCUT2D eigenvalue weighted by Crippen LogP contribution is 2.46. The van der Waals surface area contributed by atoms with Gasteiger partial charge in [0.05, 0.1) is 61.5 Å². The van der Waals surface area contributed by atoms with Gasteiger partial charge in [0.2, 0.25) is 5.91 Å². The summed E-state index contributed by atoms with van der Waals surface area (Å²) in [6.45, 7) is 23.0. The number of nitrogens with zero attached hydrogens (tertiary/aromatic N) is 14. The van der Waals surface area contributed by atoms with Crippen LogP contribution in [0.4, 0.5) is 31.8 Å². The number of benzene rings is 4. The topological polar surface area (TPSA) is 178 Å². The zero-order valence-corrected chi connectivity index (χ0v) is 52.1. The minimum atomic E-state index is -1.04. The van der Waals surface area contributed by atoms with Gasteiger partial charge in [0.25, 0.3) is 5.91 Å². The first-order valence-electron chi connectivity index (χ1n) is 31.6. The van der Waals surface area contributed by atoms with E-state index in [1.54, 1.807) is 4.90 Å². The van der Waals surface area contributed by atoms with Crippen LogP contribution in [0, 0.1) is 36.5 Å². The standard InChI is InChI=1S/C69H80F2N14O4/c1-8-82-51(43-89-68-75-56-40-78(58-18-11-16-47-15-9-13-44(2)62(47)58)30-25-54(56)65(77-68)81-34-36-84(66(87)46(4)71)49(39-81)23-29-73)37-60(82)52-20-21-59(63-45(3)14-10-17-53(52)63)79-31-26-55-57(41-79)74-67(88-42-50-24-32-85(50)69(5,6)7)76-64(55)80-33-35-83(48(38-80)22-28-72)61(86)19-12-27-70/h9-21,48-51,60H,4,8,22-27,30-43H2,1-3,5-7H3/b19-12+/t48-,49-,50?,51?,60?/m0/s1. The van der Waals surface area contributed by atoms with E-state index in [1.807, 2.05) is 0 Å². The Morgan fingerprint density at radius 3 is 1.84 bits per heavy atom. The molecule has 6 aliphatic rings. The summed E-state index contributed by atoms with van der Waals surface area (Å²) in [5, 5.41) is 24.6. The lowest BCUT2D eigenvalue weighted by Crippen LogP contribution is -2.59. The molecule has 2 aromatic heterocycles. The third-order valence-electron chi connectivity index (χ3n) is 19.3. The Morgan fingerprint density at radius 1 is 0.697 bits per heavy atom. The minimum Gasteiger partial charge on any atom is -0.462 e. The summed E-state index contributed by atoms with van der Waals surface area (Å²) in [7, 11) is 0. The normalized spacial score (nSPS) is 21.5. The van der Waals surface area contributed by atoms with Gasteiger partial charge in [-0.1, -0.05) is 68.1 Å². The van der Waals surface area contributed by atoms with Crippen LogP contribution in [0.2, 0.25) is 0 Å². The number of amides is 2. The van der Waals surface area contributed by atoms with Gasteiger partial charge in [-0.2, -0.15) is 30.5 Å². The molecule has 0 aliphatic carbocycles. The molecule has 0 saturated carbocycles. The van der Waals surface area contributed by atoms with Crippen LogP contribution in [0.1, 0.15) is 98.6 Å². The van der Waals surface area contributed by atoms with Gasteiger partial charge in [-0.3, -0.25) is 19.4 Å². The number of nitriles is 2. The average Bonchev–Trinajstić information content (AvgIpc) is 0.831. The van der Waals surface area contributed by atoms with Gasteiger partial charge in [0.15, 0.2) is 5.83 Å². The molecule has 89 heavy (non-hydrogen) atoms. The fraction of sp³-hybridized carbons (Fsp3) is 0.478. The zero-order chi connectivity index (χ0) is 62.3. The van der Waals surface area contributed by atoms with Crippen molar-refractivity contribution in [3.05, 3.63) is 130 Å². The van der Waals surface area contributed by atoms with Crippen molar-refractivity contribution in [1.29, 1.82) is 10.5 Å². The Kier molecular flexibility index (Phi) is 17.5. The van der Waals surface area contributed by atoms with Crippen LogP contribution < -0.4 is 29.1 Å².